The van der Waals surface area contributed by atoms with E-state index in [1.807, 2.05) is 0 Å². The van der Waals surface area contributed by atoms with E-state index in [1.165, 1.54) is 11.3 Å². The van der Waals surface area contributed by atoms with E-state index in [0.29, 0.717) is 17.2 Å². The van der Waals surface area contributed by atoms with Gasteiger partial charge in [0.2, 0.25) is 0 Å². The van der Waals surface area contributed by atoms with Gasteiger partial charge in [0.1, 0.15) is 0 Å². The Kier molecular flexibility index (Phi) is 4.13. The van der Waals surface area contributed by atoms with E-state index in [1.54, 1.807) is 29.2 Å². The molecule has 5 nitrogen and oxygen atoms in total. The number of aromatic nitrogens is 1. The third-order valence-corrected chi connectivity index (χ3v) is 3.51. The lowest BCUT2D eigenvalue weighted by atomic mass is 10.2. The van der Waals surface area contributed by atoms with Crippen molar-refractivity contribution in [2.75, 3.05) is 25.4 Å². The molecule has 3 N–H and O–H groups in total. The van der Waals surface area contributed by atoms with Gasteiger partial charge in [0.15, 0.2) is 5.13 Å². The molecule has 100 valence electrons. The molecule has 0 aliphatic rings. The highest BCUT2D eigenvalue weighted by Crippen LogP contribution is 2.25. The molecule has 0 bridgehead atoms. The fourth-order valence-electron chi connectivity index (χ4n) is 1.81. The molecule has 0 radical (unpaired) electrons. The molecule has 0 saturated carbocycles. The van der Waals surface area contributed by atoms with Crippen molar-refractivity contribution in [3.63, 3.8) is 0 Å². The van der Waals surface area contributed by atoms with Crippen molar-refractivity contribution < 1.29 is 9.90 Å². The first-order valence-electron chi connectivity index (χ1n) is 5.83. The molecular weight excluding hydrogens is 262 g/mol. The summed E-state index contributed by atoms with van der Waals surface area (Å²) in [5, 5.41) is 9.47. The van der Waals surface area contributed by atoms with E-state index in [2.05, 4.69) is 11.6 Å². The van der Waals surface area contributed by atoms with Crippen LogP contribution in [0.2, 0.25) is 0 Å². The first-order valence-corrected chi connectivity index (χ1v) is 6.64. The number of hydrogen-bond acceptors (Lipinski definition) is 5. The first kappa shape index (κ1) is 13.5. The van der Waals surface area contributed by atoms with Gasteiger partial charge >= 0.3 is 0 Å². The Morgan fingerprint density at radius 2 is 2.37 bits per heavy atom. The number of aliphatic hydroxyl groups is 1. The van der Waals surface area contributed by atoms with Gasteiger partial charge in [-0.15, -0.1) is 6.58 Å². The molecule has 0 spiro atoms. The Labute approximate surface area is 115 Å². The van der Waals surface area contributed by atoms with E-state index in [-0.39, 0.29) is 19.1 Å². The third-order valence-electron chi connectivity index (χ3n) is 2.66. The van der Waals surface area contributed by atoms with Crippen LogP contribution in [-0.2, 0) is 0 Å². The summed E-state index contributed by atoms with van der Waals surface area (Å²) in [4.78, 5) is 18.0. The number of carbonyl (C=O) groups excluding carboxylic acids is 1. The SMILES string of the molecule is C=CCN(CCO)C(=O)c1ccc2nc(N)sc2c1. The van der Waals surface area contributed by atoms with Crippen molar-refractivity contribution >= 4 is 32.6 Å². The van der Waals surface area contributed by atoms with E-state index >= 15 is 0 Å². The second-order valence-electron chi connectivity index (χ2n) is 4.00. The monoisotopic (exact) mass is 277 g/mol. The van der Waals surface area contributed by atoms with Gasteiger partial charge in [-0.2, -0.15) is 0 Å². The number of rotatable bonds is 5. The Balaban J connectivity index is 2.30. The summed E-state index contributed by atoms with van der Waals surface area (Å²) in [6, 6.07) is 5.27. The quantitative estimate of drug-likeness (QED) is 0.812. The van der Waals surface area contributed by atoms with Gasteiger partial charge < -0.3 is 15.7 Å². The summed E-state index contributed by atoms with van der Waals surface area (Å²) in [6.07, 6.45) is 1.64. The highest BCUT2D eigenvalue weighted by Gasteiger charge is 2.15. The molecule has 2 aromatic rings. The fraction of sp³-hybridized carbons (Fsp3) is 0.231. The van der Waals surface area contributed by atoms with Crippen LogP contribution in [0.3, 0.4) is 0 Å². The molecule has 0 saturated heterocycles. The minimum atomic E-state index is -0.136. The lowest BCUT2D eigenvalue weighted by molar-refractivity contribution is 0.0743. The van der Waals surface area contributed by atoms with Crippen molar-refractivity contribution in [1.82, 2.24) is 9.88 Å². The zero-order valence-electron chi connectivity index (χ0n) is 10.4. The maximum atomic E-state index is 12.3. The lowest BCUT2D eigenvalue weighted by Gasteiger charge is -2.19. The van der Waals surface area contributed by atoms with E-state index in [4.69, 9.17) is 10.8 Å². The molecule has 19 heavy (non-hydrogen) atoms. The van der Waals surface area contributed by atoms with Crippen LogP contribution in [0.25, 0.3) is 10.2 Å². The summed E-state index contributed by atoms with van der Waals surface area (Å²) in [7, 11) is 0. The average molecular weight is 277 g/mol. The number of hydrogen-bond donors (Lipinski definition) is 2. The van der Waals surface area contributed by atoms with Crippen molar-refractivity contribution in [2.24, 2.45) is 0 Å². The second kappa shape index (κ2) is 5.81. The molecule has 2 rings (SSSR count). The standard InChI is InChI=1S/C13H15N3O2S/c1-2-5-16(6-7-17)12(18)9-3-4-10-11(8-9)19-13(14)15-10/h2-4,8,17H,1,5-7H2,(H2,14,15). The molecule has 0 aliphatic heterocycles. The topological polar surface area (TPSA) is 79.5 Å². The predicted molar refractivity (Wildman–Crippen MR) is 77.2 cm³/mol. The van der Waals surface area contributed by atoms with Crippen LogP contribution < -0.4 is 5.73 Å². The van der Waals surface area contributed by atoms with Gasteiger partial charge in [0.25, 0.3) is 5.91 Å². The van der Waals surface area contributed by atoms with Crippen LogP contribution in [0, 0.1) is 0 Å². The van der Waals surface area contributed by atoms with Crippen LogP contribution in [0.5, 0.6) is 0 Å². The average Bonchev–Trinajstić information content (AvgIpc) is 2.76. The largest absolute Gasteiger partial charge is 0.395 e. The predicted octanol–water partition coefficient (Wildman–Crippen LogP) is 1.50. The number of aliphatic hydroxyl groups excluding tert-OH is 1. The molecule has 1 heterocycles. The van der Waals surface area contributed by atoms with Crippen molar-refractivity contribution in [1.29, 1.82) is 0 Å². The zero-order valence-corrected chi connectivity index (χ0v) is 11.2. The fourth-order valence-corrected chi connectivity index (χ4v) is 2.58. The molecule has 0 aliphatic carbocycles. The maximum Gasteiger partial charge on any atom is 0.254 e. The first-order chi connectivity index (χ1) is 9.15. The molecule has 1 aromatic carbocycles. The van der Waals surface area contributed by atoms with E-state index in [0.717, 1.165) is 10.2 Å². The number of benzene rings is 1. The molecule has 1 aromatic heterocycles. The molecule has 1 amide bonds. The third kappa shape index (κ3) is 2.91. The minimum absolute atomic E-state index is 0.0741. The van der Waals surface area contributed by atoms with Crippen LogP contribution in [0.15, 0.2) is 30.9 Å². The molecule has 0 unspecified atom stereocenters. The Morgan fingerprint density at radius 1 is 1.58 bits per heavy atom. The van der Waals surface area contributed by atoms with Gasteiger partial charge in [0, 0.05) is 18.7 Å². The maximum absolute atomic E-state index is 12.3. The van der Waals surface area contributed by atoms with Crippen molar-refractivity contribution in [3.05, 3.63) is 36.4 Å². The number of carbonyl (C=O) groups is 1. The summed E-state index contributed by atoms with van der Waals surface area (Å²) in [5.41, 5.74) is 6.99. The number of thiazole rings is 1. The highest BCUT2D eigenvalue weighted by atomic mass is 32.1. The van der Waals surface area contributed by atoms with Crippen molar-refractivity contribution in [3.8, 4) is 0 Å². The van der Waals surface area contributed by atoms with Crippen LogP contribution in [-0.4, -0.2) is 40.6 Å². The van der Waals surface area contributed by atoms with Crippen LogP contribution >= 0.6 is 11.3 Å². The van der Waals surface area contributed by atoms with E-state index in [9.17, 15) is 4.79 Å². The molecule has 0 fully saturated rings. The Hall–Kier alpha value is -1.92. The van der Waals surface area contributed by atoms with Gasteiger partial charge in [-0.1, -0.05) is 17.4 Å². The normalized spacial score (nSPS) is 10.6. The summed E-state index contributed by atoms with van der Waals surface area (Å²) in [6.45, 7) is 4.23. The lowest BCUT2D eigenvalue weighted by Crippen LogP contribution is -2.33. The Morgan fingerprint density at radius 3 is 3.05 bits per heavy atom. The van der Waals surface area contributed by atoms with Gasteiger partial charge in [-0.25, -0.2) is 4.98 Å². The summed E-state index contributed by atoms with van der Waals surface area (Å²) < 4.78 is 0.880. The highest BCUT2D eigenvalue weighted by molar-refractivity contribution is 7.22. The number of fused-ring (bicyclic) bond motifs is 1. The number of nitrogens with zero attached hydrogens (tertiary/aromatic N) is 2. The number of anilines is 1. The van der Waals surface area contributed by atoms with Crippen LogP contribution in [0.1, 0.15) is 10.4 Å². The number of amides is 1. The Bertz CT molecular complexity index is 609. The van der Waals surface area contributed by atoms with Gasteiger partial charge in [0.05, 0.1) is 16.8 Å². The minimum Gasteiger partial charge on any atom is -0.395 e. The number of nitrogens with two attached hydrogens (primary N) is 1. The molecule has 6 heteroatoms. The summed E-state index contributed by atoms with van der Waals surface area (Å²) >= 11 is 1.35. The van der Waals surface area contributed by atoms with Crippen molar-refractivity contribution in [2.45, 2.75) is 0 Å². The van der Waals surface area contributed by atoms with E-state index < -0.39 is 0 Å². The summed E-state index contributed by atoms with van der Waals surface area (Å²) in [5.74, 6) is -0.136. The van der Waals surface area contributed by atoms with Crippen LogP contribution in [0.4, 0.5) is 5.13 Å². The second-order valence-corrected chi connectivity index (χ2v) is 5.06. The number of nitrogen functional groups attached to an aromatic ring is 1. The van der Waals surface area contributed by atoms with Gasteiger partial charge in [-0.3, -0.25) is 4.79 Å². The van der Waals surface area contributed by atoms with Gasteiger partial charge in [-0.05, 0) is 18.2 Å². The molecular formula is C13H15N3O2S. The molecule has 0 atom stereocenters. The zero-order chi connectivity index (χ0) is 13.8. The smallest absolute Gasteiger partial charge is 0.254 e.